The summed E-state index contributed by atoms with van der Waals surface area (Å²) in [6, 6.07) is 2.82. The van der Waals surface area contributed by atoms with Crippen molar-refractivity contribution in [3.63, 3.8) is 0 Å². The van der Waals surface area contributed by atoms with Crippen LogP contribution in [0.1, 0.15) is 23.2 Å². The van der Waals surface area contributed by atoms with E-state index in [2.05, 4.69) is 5.32 Å². The highest BCUT2D eigenvalue weighted by Crippen LogP contribution is 2.40. The number of nitrogens with one attached hydrogen (secondary N) is 1. The third-order valence-electron chi connectivity index (χ3n) is 5.14. The Kier molecular flexibility index (Phi) is 6.05. The lowest BCUT2D eigenvalue weighted by atomic mass is 10.1. The Morgan fingerprint density at radius 1 is 1.00 bits per heavy atom. The molecule has 148 valence electrons. The minimum absolute atomic E-state index is 0.00694. The van der Waals surface area contributed by atoms with E-state index in [1.807, 2.05) is 4.90 Å². The second-order valence-electron chi connectivity index (χ2n) is 6.63. The van der Waals surface area contributed by atoms with Gasteiger partial charge in [-0.25, -0.2) is 0 Å². The fourth-order valence-corrected chi connectivity index (χ4v) is 3.74. The highest BCUT2D eigenvalue weighted by molar-refractivity contribution is 6.01. The van der Waals surface area contributed by atoms with Crippen LogP contribution in [0, 0.1) is 0 Å². The van der Waals surface area contributed by atoms with Crippen LogP contribution in [-0.2, 0) is 4.79 Å². The van der Waals surface area contributed by atoms with Crippen molar-refractivity contribution < 1.29 is 23.8 Å². The molecule has 1 atom stereocenters. The monoisotopic (exact) mass is 377 g/mol. The molecule has 27 heavy (non-hydrogen) atoms. The first kappa shape index (κ1) is 19.3. The zero-order valence-electron chi connectivity index (χ0n) is 16.1. The molecule has 2 aliphatic rings. The Balaban J connectivity index is 1.91. The van der Waals surface area contributed by atoms with Gasteiger partial charge < -0.3 is 29.3 Å². The molecular formula is C19H27N3O5. The second-order valence-corrected chi connectivity index (χ2v) is 6.63. The number of piperazine rings is 1. The average Bonchev–Trinajstić information content (AvgIpc) is 3.26. The number of likely N-dealkylation sites (tertiary alicyclic amines) is 1. The number of methoxy groups -OCH3 is 3. The maximum atomic E-state index is 13.3. The molecule has 0 aliphatic carbocycles. The number of ether oxygens (including phenoxy) is 3. The molecule has 2 aliphatic heterocycles. The van der Waals surface area contributed by atoms with E-state index in [1.165, 1.54) is 21.3 Å². The molecule has 0 saturated carbocycles. The molecule has 2 amide bonds. The van der Waals surface area contributed by atoms with Crippen LogP contribution < -0.4 is 19.5 Å². The average molecular weight is 377 g/mol. The maximum absolute atomic E-state index is 13.3. The van der Waals surface area contributed by atoms with Gasteiger partial charge in [-0.1, -0.05) is 0 Å². The predicted octanol–water partition coefficient (Wildman–Crippen LogP) is 0.749. The molecule has 0 bridgehead atoms. The molecule has 0 unspecified atom stereocenters. The van der Waals surface area contributed by atoms with E-state index in [9.17, 15) is 9.59 Å². The van der Waals surface area contributed by atoms with E-state index < -0.39 is 6.04 Å². The normalized spacial score (nSPS) is 19.7. The van der Waals surface area contributed by atoms with E-state index >= 15 is 0 Å². The highest BCUT2D eigenvalue weighted by atomic mass is 16.5. The van der Waals surface area contributed by atoms with E-state index in [0.717, 1.165) is 25.9 Å². The number of carbonyl (C=O) groups is 2. The lowest BCUT2D eigenvalue weighted by Gasteiger charge is -2.37. The topological polar surface area (TPSA) is 80.3 Å². The summed E-state index contributed by atoms with van der Waals surface area (Å²) in [5, 5.41) is 3.23. The summed E-state index contributed by atoms with van der Waals surface area (Å²) in [4.78, 5) is 29.8. The van der Waals surface area contributed by atoms with Crippen molar-refractivity contribution in [3.05, 3.63) is 17.7 Å². The summed E-state index contributed by atoms with van der Waals surface area (Å²) >= 11 is 0. The molecule has 2 heterocycles. The van der Waals surface area contributed by atoms with Crippen molar-refractivity contribution in [1.82, 2.24) is 15.1 Å². The van der Waals surface area contributed by atoms with Crippen molar-refractivity contribution in [1.29, 1.82) is 0 Å². The minimum Gasteiger partial charge on any atom is -0.493 e. The molecule has 0 spiro atoms. The summed E-state index contributed by atoms with van der Waals surface area (Å²) in [6.45, 7) is 3.08. The lowest BCUT2D eigenvalue weighted by molar-refractivity contribution is -0.135. The van der Waals surface area contributed by atoms with Gasteiger partial charge in [0.25, 0.3) is 5.91 Å². The zero-order valence-corrected chi connectivity index (χ0v) is 16.1. The summed E-state index contributed by atoms with van der Waals surface area (Å²) < 4.78 is 16.1. The Morgan fingerprint density at radius 3 is 2.33 bits per heavy atom. The van der Waals surface area contributed by atoms with Gasteiger partial charge in [-0.05, 0) is 25.0 Å². The van der Waals surface area contributed by atoms with Crippen LogP contribution in [0.2, 0.25) is 0 Å². The first-order chi connectivity index (χ1) is 13.1. The number of rotatable bonds is 5. The molecule has 3 rings (SSSR count). The first-order valence-corrected chi connectivity index (χ1v) is 9.21. The fraction of sp³-hybridized carbons (Fsp3) is 0.579. The standard InChI is InChI=1S/C19H27N3O5/c1-25-15-7-6-13(16(26-2)17(15)27-3)18(23)22-11-8-20-12-14(22)19(24)21-9-4-5-10-21/h6-7,14,20H,4-5,8-12H2,1-3H3/t14-/m0/s1. The smallest absolute Gasteiger partial charge is 0.258 e. The fourth-order valence-electron chi connectivity index (χ4n) is 3.74. The summed E-state index contributed by atoms with van der Waals surface area (Å²) in [6.07, 6.45) is 2.03. The Bertz CT molecular complexity index is 703. The quantitative estimate of drug-likeness (QED) is 0.816. The summed E-state index contributed by atoms with van der Waals surface area (Å²) in [5.74, 6) is 0.923. The first-order valence-electron chi connectivity index (χ1n) is 9.21. The van der Waals surface area contributed by atoms with Gasteiger partial charge >= 0.3 is 0 Å². The van der Waals surface area contributed by atoms with Gasteiger partial charge in [0.15, 0.2) is 11.5 Å². The van der Waals surface area contributed by atoms with Crippen molar-refractivity contribution in [2.24, 2.45) is 0 Å². The van der Waals surface area contributed by atoms with Gasteiger partial charge in [0.05, 0.1) is 26.9 Å². The van der Waals surface area contributed by atoms with E-state index in [0.29, 0.717) is 42.4 Å². The molecule has 2 fully saturated rings. The predicted molar refractivity (Wildman–Crippen MR) is 99.6 cm³/mol. The third kappa shape index (κ3) is 3.66. The Morgan fingerprint density at radius 2 is 1.70 bits per heavy atom. The van der Waals surface area contributed by atoms with Gasteiger partial charge in [0.1, 0.15) is 6.04 Å². The van der Waals surface area contributed by atoms with Gasteiger partial charge in [-0.3, -0.25) is 9.59 Å². The number of benzene rings is 1. The summed E-state index contributed by atoms with van der Waals surface area (Å²) in [7, 11) is 4.51. The van der Waals surface area contributed by atoms with Gasteiger partial charge in [0.2, 0.25) is 11.7 Å². The minimum atomic E-state index is -0.512. The maximum Gasteiger partial charge on any atom is 0.258 e. The van der Waals surface area contributed by atoms with E-state index in [-0.39, 0.29) is 11.8 Å². The van der Waals surface area contributed by atoms with Crippen molar-refractivity contribution in [2.45, 2.75) is 18.9 Å². The van der Waals surface area contributed by atoms with Crippen LogP contribution in [0.4, 0.5) is 0 Å². The van der Waals surface area contributed by atoms with Crippen LogP contribution >= 0.6 is 0 Å². The van der Waals surface area contributed by atoms with Crippen LogP contribution in [0.25, 0.3) is 0 Å². The van der Waals surface area contributed by atoms with Crippen LogP contribution in [0.15, 0.2) is 12.1 Å². The number of amides is 2. The van der Waals surface area contributed by atoms with Crippen molar-refractivity contribution in [3.8, 4) is 17.2 Å². The number of hydrogen-bond acceptors (Lipinski definition) is 6. The molecule has 1 aromatic carbocycles. The highest BCUT2D eigenvalue weighted by Gasteiger charge is 2.37. The van der Waals surface area contributed by atoms with E-state index in [1.54, 1.807) is 17.0 Å². The van der Waals surface area contributed by atoms with Crippen LogP contribution in [-0.4, -0.2) is 81.7 Å². The number of nitrogens with zero attached hydrogens (tertiary/aromatic N) is 2. The van der Waals surface area contributed by atoms with Gasteiger partial charge in [0, 0.05) is 32.7 Å². The SMILES string of the molecule is COc1ccc(C(=O)N2CCNC[C@H]2C(=O)N2CCCC2)c(OC)c1OC. The Labute approximate surface area is 159 Å². The van der Waals surface area contributed by atoms with Crippen molar-refractivity contribution >= 4 is 11.8 Å². The Hall–Kier alpha value is -2.48. The molecule has 0 aromatic heterocycles. The van der Waals surface area contributed by atoms with Crippen LogP contribution in [0.3, 0.4) is 0 Å². The molecular weight excluding hydrogens is 350 g/mol. The number of carbonyl (C=O) groups excluding carboxylic acids is 2. The van der Waals surface area contributed by atoms with Crippen molar-refractivity contribution in [2.75, 3.05) is 54.1 Å². The molecule has 0 radical (unpaired) electrons. The largest absolute Gasteiger partial charge is 0.493 e. The number of hydrogen-bond donors (Lipinski definition) is 1. The lowest BCUT2D eigenvalue weighted by Crippen LogP contribution is -2.59. The molecule has 8 nitrogen and oxygen atoms in total. The second kappa shape index (κ2) is 8.47. The molecule has 8 heteroatoms. The van der Waals surface area contributed by atoms with E-state index in [4.69, 9.17) is 14.2 Å². The molecule has 2 saturated heterocycles. The molecule has 1 N–H and O–H groups in total. The third-order valence-corrected chi connectivity index (χ3v) is 5.14. The molecule has 1 aromatic rings. The van der Waals surface area contributed by atoms with Gasteiger partial charge in [-0.15, -0.1) is 0 Å². The van der Waals surface area contributed by atoms with Crippen LogP contribution in [0.5, 0.6) is 17.2 Å². The summed E-state index contributed by atoms with van der Waals surface area (Å²) in [5.41, 5.74) is 0.358. The van der Waals surface area contributed by atoms with Gasteiger partial charge in [-0.2, -0.15) is 0 Å². The zero-order chi connectivity index (χ0) is 19.4.